The molecular weight excluding hydrogens is 350 g/mol. The molecule has 1 amide bonds. The van der Waals surface area contributed by atoms with E-state index < -0.39 is 6.09 Å². The monoisotopic (exact) mass is 365 g/mol. The molecule has 21 heavy (non-hydrogen) atoms. The quantitative estimate of drug-likeness (QED) is 0.826. The summed E-state index contributed by atoms with van der Waals surface area (Å²) in [4.78, 5) is 14.5. The van der Waals surface area contributed by atoms with Gasteiger partial charge in [0.15, 0.2) is 0 Å². The van der Waals surface area contributed by atoms with Crippen molar-refractivity contribution in [2.24, 2.45) is 0 Å². The predicted molar refractivity (Wildman–Crippen MR) is 88.9 cm³/mol. The highest BCUT2D eigenvalue weighted by Crippen LogP contribution is 2.32. The topological polar surface area (TPSA) is 40.5 Å². The van der Waals surface area contributed by atoms with E-state index in [0.29, 0.717) is 6.54 Å². The highest BCUT2D eigenvalue weighted by Gasteiger charge is 2.11. The van der Waals surface area contributed by atoms with Gasteiger partial charge in [-0.2, -0.15) is 0 Å². The normalized spacial score (nSPS) is 10.4. The Bertz CT molecular complexity index is 643. The number of amides is 1. The summed E-state index contributed by atoms with van der Waals surface area (Å²) in [5.74, 6) is 0. The first kappa shape index (κ1) is 15.9. The van der Waals surface area contributed by atoms with Gasteiger partial charge in [0.1, 0.15) is 0 Å². The third-order valence-corrected chi connectivity index (χ3v) is 4.62. The first-order valence-electron chi connectivity index (χ1n) is 6.42. The van der Waals surface area contributed by atoms with E-state index in [-0.39, 0.29) is 0 Å². The van der Waals surface area contributed by atoms with E-state index in [0.717, 1.165) is 19.8 Å². The molecule has 0 aliphatic carbocycles. The van der Waals surface area contributed by atoms with Gasteiger partial charge >= 0.3 is 6.09 Å². The highest BCUT2D eigenvalue weighted by atomic mass is 79.9. The van der Waals surface area contributed by atoms with Crippen LogP contribution in [0, 0.1) is 6.92 Å². The number of halogens is 1. The molecule has 0 atom stereocenters. The van der Waals surface area contributed by atoms with Gasteiger partial charge in [-0.3, -0.25) is 0 Å². The summed E-state index contributed by atoms with van der Waals surface area (Å²) >= 11 is 5.09. The Morgan fingerprint density at radius 3 is 2.52 bits per heavy atom. The Hall–Kier alpha value is -1.46. The number of nitrogens with zero attached hydrogens (tertiary/aromatic N) is 1. The predicted octanol–water partition coefficient (Wildman–Crippen LogP) is 5.02. The van der Waals surface area contributed by atoms with Crippen LogP contribution >= 0.6 is 27.7 Å². The molecule has 0 spiro atoms. The van der Waals surface area contributed by atoms with Gasteiger partial charge in [0.25, 0.3) is 0 Å². The summed E-state index contributed by atoms with van der Waals surface area (Å²) < 4.78 is 0.949. The van der Waals surface area contributed by atoms with Crippen LogP contribution in [0.25, 0.3) is 0 Å². The first-order chi connectivity index (χ1) is 9.95. The van der Waals surface area contributed by atoms with Gasteiger partial charge in [-0.05, 0) is 42.8 Å². The third kappa shape index (κ3) is 4.51. The van der Waals surface area contributed by atoms with Gasteiger partial charge in [0.05, 0.1) is 0 Å². The molecule has 3 nitrogen and oxygen atoms in total. The summed E-state index contributed by atoms with van der Waals surface area (Å²) in [5.41, 5.74) is 2.21. The minimum absolute atomic E-state index is 0.364. The van der Waals surface area contributed by atoms with Crippen molar-refractivity contribution in [3.05, 3.63) is 58.1 Å². The Balaban J connectivity index is 2.26. The van der Waals surface area contributed by atoms with Gasteiger partial charge in [-0.1, -0.05) is 45.4 Å². The molecule has 0 bridgehead atoms. The molecule has 0 saturated heterocycles. The maximum absolute atomic E-state index is 11.0. The molecule has 0 aliphatic rings. The molecule has 0 radical (unpaired) electrons. The van der Waals surface area contributed by atoms with Crippen molar-refractivity contribution in [3.63, 3.8) is 0 Å². The largest absolute Gasteiger partial charge is 0.465 e. The lowest BCUT2D eigenvalue weighted by molar-refractivity contribution is 0.153. The second-order valence-corrected chi connectivity index (χ2v) is 6.84. The molecule has 0 fully saturated rings. The lowest BCUT2D eigenvalue weighted by atomic mass is 10.2. The highest BCUT2D eigenvalue weighted by molar-refractivity contribution is 9.10. The Kier molecular flexibility index (Phi) is 5.31. The molecule has 0 heterocycles. The van der Waals surface area contributed by atoms with Crippen molar-refractivity contribution < 1.29 is 9.90 Å². The average molecular weight is 366 g/mol. The molecule has 1 N–H and O–H groups in total. The SMILES string of the molecule is Cc1ccc(Sc2ccc(Br)cc2CN(C)C(=O)O)cc1. The van der Waals surface area contributed by atoms with E-state index in [9.17, 15) is 4.79 Å². The summed E-state index contributed by atoms with van der Waals surface area (Å²) in [6.07, 6.45) is -0.929. The Morgan fingerprint density at radius 2 is 1.90 bits per heavy atom. The molecule has 0 aliphatic heterocycles. The van der Waals surface area contributed by atoms with Crippen molar-refractivity contribution in [2.45, 2.75) is 23.3 Å². The number of carboxylic acid groups (broad SMARTS) is 1. The Labute approximate surface area is 137 Å². The van der Waals surface area contributed by atoms with Crippen LogP contribution in [0.15, 0.2) is 56.7 Å². The number of aryl methyl sites for hydroxylation is 1. The minimum atomic E-state index is -0.929. The molecule has 2 aromatic rings. The van der Waals surface area contributed by atoms with Gasteiger partial charge in [-0.15, -0.1) is 0 Å². The molecule has 2 rings (SSSR count). The number of hydrogen-bond acceptors (Lipinski definition) is 2. The Morgan fingerprint density at radius 1 is 1.24 bits per heavy atom. The standard InChI is InChI=1S/C16H16BrNO2S/c1-11-3-6-14(7-4-11)21-15-8-5-13(17)9-12(15)10-18(2)16(19)20/h3-9H,10H2,1-2H3,(H,19,20). The van der Waals surface area contributed by atoms with Gasteiger partial charge in [-0.25, -0.2) is 4.79 Å². The molecule has 5 heteroatoms. The second-order valence-electron chi connectivity index (χ2n) is 4.81. The smallest absolute Gasteiger partial charge is 0.407 e. The van der Waals surface area contributed by atoms with Crippen LogP contribution in [0.4, 0.5) is 4.79 Å². The zero-order chi connectivity index (χ0) is 15.4. The van der Waals surface area contributed by atoms with Crippen molar-refractivity contribution in [1.29, 1.82) is 0 Å². The summed E-state index contributed by atoms with van der Waals surface area (Å²) in [5, 5.41) is 9.03. The third-order valence-electron chi connectivity index (χ3n) is 3.01. The fourth-order valence-electron chi connectivity index (χ4n) is 1.83. The lowest BCUT2D eigenvalue weighted by Gasteiger charge is -2.16. The zero-order valence-corrected chi connectivity index (χ0v) is 14.2. The summed E-state index contributed by atoms with van der Waals surface area (Å²) in [6.45, 7) is 2.42. The second kappa shape index (κ2) is 7.00. The average Bonchev–Trinajstić information content (AvgIpc) is 2.44. The van der Waals surface area contributed by atoms with Crippen molar-refractivity contribution in [1.82, 2.24) is 4.90 Å². The minimum Gasteiger partial charge on any atom is -0.465 e. The van der Waals surface area contributed by atoms with E-state index >= 15 is 0 Å². The van der Waals surface area contributed by atoms with Crippen LogP contribution in [0.5, 0.6) is 0 Å². The fraction of sp³-hybridized carbons (Fsp3) is 0.188. The summed E-state index contributed by atoms with van der Waals surface area (Å²) in [6, 6.07) is 14.3. The summed E-state index contributed by atoms with van der Waals surface area (Å²) in [7, 11) is 1.57. The first-order valence-corrected chi connectivity index (χ1v) is 8.03. The molecule has 0 aromatic heterocycles. The molecule has 0 saturated carbocycles. The molecule has 0 unspecified atom stereocenters. The van der Waals surface area contributed by atoms with E-state index in [1.165, 1.54) is 10.5 Å². The van der Waals surface area contributed by atoms with Crippen molar-refractivity contribution in [2.75, 3.05) is 7.05 Å². The fourth-order valence-corrected chi connectivity index (χ4v) is 3.15. The number of carbonyl (C=O) groups is 1. The van der Waals surface area contributed by atoms with Crippen molar-refractivity contribution >= 4 is 33.8 Å². The maximum Gasteiger partial charge on any atom is 0.407 e. The van der Waals surface area contributed by atoms with Crippen molar-refractivity contribution in [3.8, 4) is 0 Å². The van der Waals surface area contributed by atoms with Crippen LogP contribution in [-0.2, 0) is 6.54 Å². The van der Waals surface area contributed by atoms with Crippen LogP contribution in [0.3, 0.4) is 0 Å². The van der Waals surface area contributed by atoms with Crippen LogP contribution in [0.2, 0.25) is 0 Å². The molecule has 110 valence electrons. The van der Waals surface area contributed by atoms with Gasteiger partial charge in [0.2, 0.25) is 0 Å². The maximum atomic E-state index is 11.0. The molecule has 2 aromatic carbocycles. The van der Waals surface area contributed by atoms with Gasteiger partial charge in [0, 0.05) is 27.9 Å². The zero-order valence-electron chi connectivity index (χ0n) is 11.8. The number of benzene rings is 2. The van der Waals surface area contributed by atoms with Crippen LogP contribution in [-0.4, -0.2) is 23.1 Å². The van der Waals surface area contributed by atoms with E-state index in [4.69, 9.17) is 5.11 Å². The molecular formula is C16H16BrNO2S. The van der Waals surface area contributed by atoms with Gasteiger partial charge < -0.3 is 10.0 Å². The van der Waals surface area contributed by atoms with Crippen LogP contribution in [0.1, 0.15) is 11.1 Å². The number of rotatable bonds is 4. The van der Waals surface area contributed by atoms with E-state index in [1.807, 2.05) is 18.2 Å². The van der Waals surface area contributed by atoms with Crippen LogP contribution < -0.4 is 0 Å². The van der Waals surface area contributed by atoms with E-state index in [2.05, 4.69) is 47.1 Å². The van der Waals surface area contributed by atoms with E-state index in [1.54, 1.807) is 18.8 Å². The number of hydrogen-bond donors (Lipinski definition) is 1. The lowest BCUT2D eigenvalue weighted by Crippen LogP contribution is -2.24.